The van der Waals surface area contributed by atoms with Crippen LogP contribution in [0, 0.1) is 0 Å². The maximum absolute atomic E-state index is 14.4. The minimum absolute atomic E-state index is 0.0368. The molecule has 0 spiro atoms. The van der Waals surface area contributed by atoms with Crippen LogP contribution in [0.4, 0.5) is 13.2 Å². The summed E-state index contributed by atoms with van der Waals surface area (Å²) in [5.74, 6) is -0.859. The molecule has 0 aliphatic carbocycles. The van der Waals surface area contributed by atoms with Gasteiger partial charge >= 0.3 is 11.9 Å². The van der Waals surface area contributed by atoms with Gasteiger partial charge in [0, 0.05) is 46.2 Å². The molecule has 1 aliphatic heterocycles. The van der Waals surface area contributed by atoms with Crippen LogP contribution in [-0.2, 0) is 32.6 Å². The molecule has 7 rings (SSSR count). The van der Waals surface area contributed by atoms with Crippen LogP contribution >= 0.6 is 15.9 Å². The molecule has 0 saturated heterocycles. The molecule has 1 aliphatic rings. The predicted molar refractivity (Wildman–Crippen MR) is 173 cm³/mol. The predicted octanol–water partition coefficient (Wildman–Crippen LogP) is 5.80. The van der Waals surface area contributed by atoms with Gasteiger partial charge in [-0.2, -0.15) is 18.3 Å². The van der Waals surface area contributed by atoms with E-state index in [2.05, 4.69) is 26.2 Å². The van der Waals surface area contributed by atoms with Crippen molar-refractivity contribution in [2.24, 2.45) is 7.05 Å². The zero-order chi connectivity index (χ0) is 33.9. The van der Waals surface area contributed by atoms with Gasteiger partial charge in [0.1, 0.15) is 5.65 Å². The second-order valence-electron chi connectivity index (χ2n) is 11.7. The first kappa shape index (κ1) is 31.4. The van der Waals surface area contributed by atoms with Crippen molar-refractivity contribution in [1.29, 1.82) is 0 Å². The molecule has 4 heterocycles. The van der Waals surface area contributed by atoms with Gasteiger partial charge in [-0.25, -0.2) is 9.31 Å². The Hall–Kier alpha value is -5.24. The Labute approximate surface area is 278 Å². The van der Waals surface area contributed by atoms with Crippen LogP contribution in [0.15, 0.2) is 97.6 Å². The Kier molecular flexibility index (Phi) is 7.69. The number of rotatable bonds is 5. The summed E-state index contributed by atoms with van der Waals surface area (Å²) in [5.41, 5.74) is 2.97. The van der Waals surface area contributed by atoms with Gasteiger partial charge in [-0.15, -0.1) is 0 Å². The third kappa shape index (κ3) is 5.35. The van der Waals surface area contributed by atoms with E-state index in [-0.39, 0.29) is 28.6 Å². The van der Waals surface area contributed by atoms with E-state index in [1.165, 1.54) is 21.6 Å². The first-order valence-corrected chi connectivity index (χ1v) is 15.7. The smallest absolute Gasteiger partial charge is 0.330 e. The molecule has 0 unspecified atom stereocenters. The number of amides is 1. The molecular weight excluding hydrogens is 693 g/mol. The lowest BCUT2D eigenvalue weighted by atomic mass is 9.97. The van der Waals surface area contributed by atoms with Crippen molar-refractivity contribution < 1.29 is 22.5 Å². The summed E-state index contributed by atoms with van der Waals surface area (Å²) in [4.78, 5) is 41.5. The van der Waals surface area contributed by atoms with Crippen LogP contribution in [0.3, 0.4) is 0 Å². The van der Waals surface area contributed by atoms with Gasteiger partial charge in [0.05, 0.1) is 29.7 Å². The van der Waals surface area contributed by atoms with Gasteiger partial charge in [0.15, 0.2) is 5.82 Å². The zero-order valence-electron chi connectivity index (χ0n) is 25.5. The van der Waals surface area contributed by atoms with E-state index in [9.17, 15) is 27.6 Å². The van der Waals surface area contributed by atoms with E-state index in [4.69, 9.17) is 4.52 Å². The third-order valence-corrected chi connectivity index (χ3v) is 9.34. The van der Waals surface area contributed by atoms with Crippen LogP contribution in [0.25, 0.3) is 22.7 Å². The average molecular weight is 720 g/mol. The molecule has 10 nitrogen and oxygen atoms in total. The molecule has 14 heteroatoms. The van der Waals surface area contributed by atoms with E-state index in [1.807, 2.05) is 30.3 Å². The van der Waals surface area contributed by atoms with Crippen molar-refractivity contribution in [3.8, 4) is 17.1 Å². The highest BCUT2D eigenvalue weighted by atomic mass is 79.9. The van der Waals surface area contributed by atoms with Gasteiger partial charge in [-0.3, -0.25) is 23.2 Å². The van der Waals surface area contributed by atoms with Gasteiger partial charge in [0.2, 0.25) is 0 Å². The largest absolute Gasteiger partial charge is 0.441 e. The number of halogens is 4. The Morgan fingerprint density at radius 2 is 1.77 bits per heavy atom. The van der Waals surface area contributed by atoms with Crippen molar-refractivity contribution in [3.63, 3.8) is 0 Å². The number of carbonyl (C=O) groups excluding carboxylic acids is 1. The summed E-state index contributed by atoms with van der Waals surface area (Å²) in [5, 5.41) is 8.53. The lowest BCUT2D eigenvalue weighted by Crippen LogP contribution is -2.46. The molecule has 0 fully saturated rings. The average Bonchev–Trinajstić information content (AvgIpc) is 3.63. The normalized spacial score (nSPS) is 14.8. The molecule has 244 valence electrons. The Bertz CT molecular complexity index is 2320. The topological polar surface area (TPSA) is 108 Å². The molecule has 0 bridgehead atoms. The lowest BCUT2D eigenvalue weighted by Gasteiger charge is -2.35. The highest BCUT2D eigenvalue weighted by molar-refractivity contribution is 9.10. The van der Waals surface area contributed by atoms with Gasteiger partial charge < -0.3 is 4.90 Å². The summed E-state index contributed by atoms with van der Waals surface area (Å²) in [6.07, 6.45) is -2.35. The Morgan fingerprint density at radius 1 is 1.04 bits per heavy atom. The molecule has 0 N–H and O–H groups in total. The van der Waals surface area contributed by atoms with Crippen molar-refractivity contribution in [1.82, 2.24) is 28.8 Å². The molecule has 6 aromatic rings. The van der Waals surface area contributed by atoms with Crippen molar-refractivity contribution in [2.45, 2.75) is 38.5 Å². The second-order valence-corrected chi connectivity index (χ2v) is 12.5. The zero-order valence-corrected chi connectivity index (χ0v) is 27.1. The highest BCUT2D eigenvalue weighted by Crippen LogP contribution is 2.36. The number of hydrogen-bond acceptors (Lipinski definition) is 6. The molecule has 3 aromatic carbocycles. The summed E-state index contributed by atoms with van der Waals surface area (Å²) in [6, 6.07) is 19.6. The molecular formula is C34H26BrF3N6O4. The second kappa shape index (κ2) is 11.8. The molecule has 48 heavy (non-hydrogen) atoms. The molecule has 1 atom stereocenters. The third-order valence-electron chi connectivity index (χ3n) is 8.65. The summed E-state index contributed by atoms with van der Waals surface area (Å²) >= 11 is 2.94. The molecule has 0 radical (unpaired) electrons. The SMILES string of the molecule is C[C@H]1Cc2c(n3ncc(Cc4ccccc4)c3n(-c3ccc(-c4noc(=O)n4C)cc3)c2=O)CN1C(=O)c1ccc(Br)c(C(F)(F)F)c1. The maximum atomic E-state index is 14.4. The van der Waals surface area contributed by atoms with E-state index in [0.717, 1.165) is 17.2 Å². The quantitative estimate of drug-likeness (QED) is 0.223. The number of carbonyl (C=O) groups is 1. The first-order valence-electron chi connectivity index (χ1n) is 14.9. The van der Waals surface area contributed by atoms with Crippen LogP contribution in [0.5, 0.6) is 0 Å². The molecule has 0 saturated carbocycles. The number of nitrogens with zero attached hydrogens (tertiary/aromatic N) is 6. The lowest BCUT2D eigenvalue weighted by molar-refractivity contribution is -0.138. The van der Waals surface area contributed by atoms with Crippen LogP contribution in [0.2, 0.25) is 0 Å². The van der Waals surface area contributed by atoms with Crippen LogP contribution in [-0.4, -0.2) is 40.8 Å². The van der Waals surface area contributed by atoms with Crippen LogP contribution < -0.4 is 11.3 Å². The first-order chi connectivity index (χ1) is 22.9. The van der Waals surface area contributed by atoms with Crippen molar-refractivity contribution >= 4 is 27.5 Å². The van der Waals surface area contributed by atoms with E-state index >= 15 is 0 Å². The van der Waals surface area contributed by atoms with Crippen molar-refractivity contribution in [2.75, 3.05) is 0 Å². The minimum Gasteiger partial charge on any atom is -0.330 e. The number of fused-ring (bicyclic) bond motifs is 3. The number of benzene rings is 3. The summed E-state index contributed by atoms with van der Waals surface area (Å²) in [7, 11) is 1.54. The van der Waals surface area contributed by atoms with Gasteiger partial charge in [-0.05, 0) is 61.4 Å². The maximum Gasteiger partial charge on any atom is 0.441 e. The molecule has 3 aromatic heterocycles. The fraction of sp³-hybridized carbons (Fsp3) is 0.206. The Morgan fingerprint density at radius 3 is 2.44 bits per heavy atom. The Balaban J connectivity index is 1.36. The van der Waals surface area contributed by atoms with E-state index < -0.39 is 29.4 Å². The standard InChI is InChI=1S/C34H26BrF3N6O4/c1-19-14-25-28(18-42(19)31(45)22-10-13-27(35)26(16-22)34(36,37)38)44-30(23(17-39-44)15-20-6-4-3-5-7-20)43(32(25)46)24-11-8-21(9-12-24)29-40-48-33(47)41(29)2/h3-13,16-17,19H,14-15,18H2,1-2H3/t19-/m0/s1. The number of aromatic nitrogens is 5. The van der Waals surface area contributed by atoms with Gasteiger partial charge in [-0.1, -0.05) is 51.4 Å². The molecule has 1 amide bonds. The summed E-state index contributed by atoms with van der Waals surface area (Å²) in [6.45, 7) is 1.73. The monoisotopic (exact) mass is 718 g/mol. The number of hydrogen-bond donors (Lipinski definition) is 0. The number of alkyl halides is 3. The van der Waals surface area contributed by atoms with Crippen molar-refractivity contribution in [3.05, 3.63) is 138 Å². The highest BCUT2D eigenvalue weighted by Gasteiger charge is 2.36. The minimum atomic E-state index is -4.65. The van der Waals surface area contributed by atoms with E-state index in [0.29, 0.717) is 40.4 Å². The van der Waals surface area contributed by atoms with E-state index in [1.54, 1.807) is 53.5 Å². The fourth-order valence-corrected chi connectivity index (χ4v) is 6.65. The van der Waals surface area contributed by atoms with Gasteiger partial charge in [0.25, 0.3) is 11.5 Å². The fourth-order valence-electron chi connectivity index (χ4n) is 6.17. The van der Waals surface area contributed by atoms with Crippen LogP contribution in [0.1, 0.15) is 45.2 Å². The summed E-state index contributed by atoms with van der Waals surface area (Å²) < 4.78 is 50.1.